The normalized spacial score (nSPS) is 12.9. The molecule has 2 atom stereocenters. The summed E-state index contributed by atoms with van der Waals surface area (Å²) in [6.07, 6.45) is -0.684. The summed E-state index contributed by atoms with van der Waals surface area (Å²) in [4.78, 5) is 51.9. The van der Waals surface area contributed by atoms with Gasteiger partial charge in [0.05, 0.1) is 12.0 Å². The van der Waals surface area contributed by atoms with Crippen LogP contribution in [-0.4, -0.2) is 64.6 Å². The predicted molar refractivity (Wildman–Crippen MR) is 108 cm³/mol. The average molecular weight is 425 g/mol. The highest BCUT2D eigenvalue weighted by Gasteiger charge is 2.28. The Hall–Kier alpha value is -3.44. The molecule has 12 nitrogen and oxygen atoms in total. The highest BCUT2D eigenvalue weighted by molar-refractivity contribution is 5.95. The molecule has 0 saturated carbocycles. The zero-order valence-electron chi connectivity index (χ0n) is 18.0. The van der Waals surface area contributed by atoms with Crippen molar-refractivity contribution in [2.75, 3.05) is 24.8 Å². The lowest BCUT2D eigenvalue weighted by Crippen LogP contribution is -2.45. The van der Waals surface area contributed by atoms with Crippen molar-refractivity contribution in [2.45, 2.75) is 52.3 Å². The van der Waals surface area contributed by atoms with Gasteiger partial charge in [-0.25, -0.2) is 14.6 Å². The molecule has 166 valence electrons. The van der Waals surface area contributed by atoms with Crippen LogP contribution < -0.4 is 10.6 Å². The molecule has 0 aliphatic heterocycles. The van der Waals surface area contributed by atoms with E-state index < -0.39 is 40.6 Å². The maximum absolute atomic E-state index is 12.5. The fourth-order valence-electron chi connectivity index (χ4n) is 2.11. The van der Waals surface area contributed by atoms with Crippen molar-refractivity contribution < 1.29 is 28.8 Å². The summed E-state index contributed by atoms with van der Waals surface area (Å²) in [6, 6.07) is 0.549. The molecule has 2 amide bonds. The molecule has 0 aromatic carbocycles. The minimum Gasteiger partial charge on any atom is -0.467 e. The Balaban J connectivity index is 3.00. The van der Waals surface area contributed by atoms with Crippen LogP contribution in [-0.2, 0) is 19.1 Å². The number of methoxy groups -OCH3 is 1. The lowest BCUT2D eigenvalue weighted by Gasteiger charge is -2.28. The van der Waals surface area contributed by atoms with Crippen molar-refractivity contribution in [2.24, 2.45) is 0 Å². The van der Waals surface area contributed by atoms with Crippen molar-refractivity contribution in [1.29, 1.82) is 0 Å². The van der Waals surface area contributed by atoms with Crippen LogP contribution in [0.2, 0.25) is 0 Å². The van der Waals surface area contributed by atoms with Gasteiger partial charge in [0.15, 0.2) is 0 Å². The van der Waals surface area contributed by atoms with Gasteiger partial charge in [-0.05, 0) is 40.7 Å². The molecule has 0 aliphatic rings. The Kier molecular flexibility index (Phi) is 8.08. The number of amides is 2. The number of hydrogen-bond donors (Lipinski definition) is 2. The SMILES string of the molecule is COC(=O)[C@H](C)Nc1nc(NC(=O)[C@H](C)N(C)C(=O)OC(C)(C)C)ccc1[N+](=O)[O-]. The van der Waals surface area contributed by atoms with Crippen LogP contribution in [0.5, 0.6) is 0 Å². The molecule has 1 aromatic rings. The second-order valence-electron chi connectivity index (χ2n) is 7.47. The molecule has 0 bridgehead atoms. The van der Waals surface area contributed by atoms with Crippen molar-refractivity contribution in [1.82, 2.24) is 9.88 Å². The third kappa shape index (κ3) is 6.87. The fraction of sp³-hybridized carbons (Fsp3) is 0.556. The summed E-state index contributed by atoms with van der Waals surface area (Å²) < 4.78 is 9.80. The number of anilines is 2. The van der Waals surface area contributed by atoms with Gasteiger partial charge in [-0.3, -0.25) is 19.8 Å². The van der Waals surface area contributed by atoms with Crippen molar-refractivity contribution in [3.8, 4) is 0 Å². The maximum Gasteiger partial charge on any atom is 0.410 e. The minimum absolute atomic E-state index is 0.00500. The smallest absolute Gasteiger partial charge is 0.410 e. The van der Waals surface area contributed by atoms with E-state index in [0.717, 1.165) is 11.0 Å². The molecule has 0 spiro atoms. The van der Waals surface area contributed by atoms with E-state index in [-0.39, 0.29) is 17.3 Å². The first-order valence-electron chi connectivity index (χ1n) is 9.03. The lowest BCUT2D eigenvalue weighted by molar-refractivity contribution is -0.384. The Morgan fingerprint density at radius 3 is 2.33 bits per heavy atom. The molecule has 0 saturated heterocycles. The third-order valence-electron chi connectivity index (χ3n) is 3.87. The molecule has 2 N–H and O–H groups in total. The second-order valence-corrected chi connectivity index (χ2v) is 7.47. The lowest BCUT2D eigenvalue weighted by atomic mass is 10.2. The summed E-state index contributed by atoms with van der Waals surface area (Å²) in [7, 11) is 2.59. The summed E-state index contributed by atoms with van der Waals surface area (Å²) in [5.74, 6) is -1.46. The molecular formula is C18H27N5O7. The highest BCUT2D eigenvalue weighted by Crippen LogP contribution is 2.25. The van der Waals surface area contributed by atoms with Gasteiger partial charge < -0.3 is 20.1 Å². The van der Waals surface area contributed by atoms with Crippen LogP contribution in [0, 0.1) is 10.1 Å². The van der Waals surface area contributed by atoms with Gasteiger partial charge in [-0.1, -0.05) is 0 Å². The van der Waals surface area contributed by atoms with Crippen LogP contribution >= 0.6 is 0 Å². The monoisotopic (exact) mass is 425 g/mol. The largest absolute Gasteiger partial charge is 0.467 e. The van der Waals surface area contributed by atoms with Crippen molar-refractivity contribution >= 4 is 35.3 Å². The quantitative estimate of drug-likeness (QED) is 0.380. The van der Waals surface area contributed by atoms with Crippen LogP contribution in [0.3, 0.4) is 0 Å². The Labute approximate surface area is 174 Å². The van der Waals surface area contributed by atoms with Gasteiger partial charge in [-0.15, -0.1) is 0 Å². The number of pyridine rings is 1. The van der Waals surface area contributed by atoms with E-state index in [4.69, 9.17) is 4.74 Å². The van der Waals surface area contributed by atoms with E-state index in [1.165, 1.54) is 34.1 Å². The number of aromatic nitrogens is 1. The van der Waals surface area contributed by atoms with Gasteiger partial charge in [0.2, 0.25) is 11.7 Å². The summed E-state index contributed by atoms with van der Waals surface area (Å²) in [5, 5.41) is 16.3. The molecule has 1 heterocycles. The van der Waals surface area contributed by atoms with Crippen LogP contribution in [0.25, 0.3) is 0 Å². The maximum atomic E-state index is 12.5. The number of carbonyl (C=O) groups is 3. The van der Waals surface area contributed by atoms with Gasteiger partial charge in [0.1, 0.15) is 23.5 Å². The zero-order valence-corrected chi connectivity index (χ0v) is 18.0. The average Bonchev–Trinajstić information content (AvgIpc) is 2.64. The summed E-state index contributed by atoms with van der Waals surface area (Å²) in [6.45, 7) is 8.04. The highest BCUT2D eigenvalue weighted by atomic mass is 16.6. The Bertz CT molecular complexity index is 822. The first kappa shape index (κ1) is 24.6. The standard InChI is InChI=1S/C18H27N5O7/c1-10(16(25)29-7)19-14-12(23(27)28)8-9-13(20-14)21-15(24)11(2)22(6)17(26)30-18(3,4)5/h8-11H,1-7H3,(H2,19,20,21,24)/t10-,11-/m0/s1. The number of carbonyl (C=O) groups excluding carboxylic acids is 3. The van der Waals surface area contributed by atoms with Crippen LogP contribution in [0.4, 0.5) is 22.1 Å². The Morgan fingerprint density at radius 1 is 1.23 bits per heavy atom. The minimum atomic E-state index is -0.915. The van der Waals surface area contributed by atoms with Crippen LogP contribution in [0.1, 0.15) is 34.6 Å². The molecule has 1 aromatic heterocycles. The number of likely N-dealkylation sites (N-methyl/N-ethyl adjacent to an activating group) is 1. The first-order chi connectivity index (χ1) is 13.8. The van der Waals surface area contributed by atoms with Gasteiger partial charge in [0, 0.05) is 13.1 Å². The van der Waals surface area contributed by atoms with E-state index in [0.29, 0.717) is 0 Å². The van der Waals surface area contributed by atoms with Crippen LogP contribution in [0.15, 0.2) is 12.1 Å². The van der Waals surface area contributed by atoms with Gasteiger partial charge >= 0.3 is 17.7 Å². The van der Waals surface area contributed by atoms with Crippen molar-refractivity contribution in [3.05, 3.63) is 22.2 Å². The molecular weight excluding hydrogens is 398 g/mol. The predicted octanol–water partition coefficient (Wildman–Crippen LogP) is 2.16. The Morgan fingerprint density at radius 2 is 1.83 bits per heavy atom. The number of esters is 1. The molecule has 0 unspecified atom stereocenters. The molecule has 1 rings (SSSR count). The van der Waals surface area contributed by atoms with E-state index in [1.807, 2.05) is 0 Å². The number of nitrogens with one attached hydrogen (secondary N) is 2. The zero-order chi connectivity index (χ0) is 23.2. The summed E-state index contributed by atoms with van der Waals surface area (Å²) in [5.41, 5.74) is -1.11. The number of ether oxygens (including phenoxy) is 2. The molecule has 0 aliphatic carbocycles. The molecule has 0 radical (unpaired) electrons. The third-order valence-corrected chi connectivity index (χ3v) is 3.87. The molecule has 12 heteroatoms. The van der Waals surface area contributed by atoms with E-state index >= 15 is 0 Å². The van der Waals surface area contributed by atoms with Gasteiger partial charge in [-0.2, -0.15) is 0 Å². The van der Waals surface area contributed by atoms with E-state index in [1.54, 1.807) is 20.8 Å². The number of hydrogen-bond acceptors (Lipinski definition) is 9. The van der Waals surface area contributed by atoms with Crippen molar-refractivity contribution in [3.63, 3.8) is 0 Å². The van der Waals surface area contributed by atoms with Gasteiger partial charge in [0.25, 0.3) is 0 Å². The molecule has 30 heavy (non-hydrogen) atoms. The number of rotatable bonds is 7. The molecule has 0 fully saturated rings. The first-order valence-corrected chi connectivity index (χ1v) is 9.03. The fourth-order valence-corrected chi connectivity index (χ4v) is 2.11. The summed E-state index contributed by atoms with van der Waals surface area (Å²) >= 11 is 0. The topological polar surface area (TPSA) is 153 Å². The number of nitro groups is 1. The second kappa shape index (κ2) is 9.85. The van der Waals surface area contributed by atoms with E-state index in [2.05, 4.69) is 20.4 Å². The number of nitrogens with zero attached hydrogens (tertiary/aromatic N) is 3. The van der Waals surface area contributed by atoms with E-state index in [9.17, 15) is 24.5 Å².